The van der Waals surface area contributed by atoms with Crippen molar-refractivity contribution in [1.82, 2.24) is 15.5 Å². The van der Waals surface area contributed by atoms with Crippen LogP contribution in [0.15, 0.2) is 42.6 Å². The molecule has 22 heavy (non-hydrogen) atoms. The molecule has 1 unspecified atom stereocenters. The molecule has 2 aromatic rings. The molecule has 0 bridgehead atoms. The number of nitrogens with zero attached hydrogens (tertiary/aromatic N) is 1. The largest absolute Gasteiger partial charge is 0.463 e. The first kappa shape index (κ1) is 15.8. The van der Waals surface area contributed by atoms with E-state index in [4.69, 9.17) is 4.74 Å². The van der Waals surface area contributed by atoms with Gasteiger partial charge in [-0.3, -0.25) is 14.7 Å². The molecule has 1 amide bonds. The molecule has 1 atom stereocenters. The molecule has 0 aliphatic rings. The number of carbonyl (C=O) groups excluding carboxylic acids is 2. The maximum absolute atomic E-state index is 12.2. The lowest BCUT2D eigenvalue weighted by molar-refractivity contribution is -0.147. The Morgan fingerprint density at radius 3 is 2.55 bits per heavy atom. The molecule has 1 aromatic carbocycles. The predicted molar refractivity (Wildman–Crippen MR) is 81.1 cm³/mol. The standard InChI is InChI=1S/C16H19N3O3/c1-11(2)22-15(20)10-14(12-6-4-3-5-7-12)18-16(21)13-8-9-17-19-13/h3-9,11,14H,10H2,1-2H3,(H,17,19)(H,18,21). The second-order valence-corrected chi connectivity index (χ2v) is 5.15. The summed E-state index contributed by atoms with van der Waals surface area (Å²) in [6.45, 7) is 3.58. The second kappa shape index (κ2) is 7.40. The Hall–Kier alpha value is -2.63. The quantitative estimate of drug-likeness (QED) is 0.801. The van der Waals surface area contributed by atoms with E-state index < -0.39 is 6.04 Å². The summed E-state index contributed by atoms with van der Waals surface area (Å²) in [4.78, 5) is 24.1. The van der Waals surface area contributed by atoms with E-state index in [0.29, 0.717) is 5.69 Å². The Kier molecular flexibility index (Phi) is 5.30. The van der Waals surface area contributed by atoms with Gasteiger partial charge < -0.3 is 10.1 Å². The molecule has 2 N–H and O–H groups in total. The van der Waals surface area contributed by atoms with Crippen molar-refractivity contribution in [2.24, 2.45) is 0 Å². The zero-order valence-electron chi connectivity index (χ0n) is 12.6. The molecule has 0 saturated heterocycles. The molecule has 0 saturated carbocycles. The van der Waals surface area contributed by atoms with Crippen molar-refractivity contribution in [3.05, 3.63) is 53.9 Å². The van der Waals surface area contributed by atoms with E-state index in [9.17, 15) is 9.59 Å². The van der Waals surface area contributed by atoms with Crippen LogP contribution in [0.4, 0.5) is 0 Å². The van der Waals surface area contributed by atoms with Crippen LogP contribution in [0, 0.1) is 0 Å². The molecule has 116 valence electrons. The zero-order chi connectivity index (χ0) is 15.9. The van der Waals surface area contributed by atoms with Crippen molar-refractivity contribution >= 4 is 11.9 Å². The summed E-state index contributed by atoms with van der Waals surface area (Å²) in [7, 11) is 0. The molecule has 6 nitrogen and oxygen atoms in total. The van der Waals surface area contributed by atoms with Crippen LogP contribution < -0.4 is 5.32 Å². The zero-order valence-corrected chi connectivity index (χ0v) is 12.6. The third-order valence-electron chi connectivity index (χ3n) is 2.99. The normalized spacial score (nSPS) is 12.0. The summed E-state index contributed by atoms with van der Waals surface area (Å²) in [5.74, 6) is -0.669. The monoisotopic (exact) mass is 301 g/mol. The summed E-state index contributed by atoms with van der Waals surface area (Å²) < 4.78 is 5.16. The van der Waals surface area contributed by atoms with Gasteiger partial charge in [0, 0.05) is 6.20 Å². The average Bonchev–Trinajstić information content (AvgIpc) is 3.01. The SMILES string of the molecule is CC(C)OC(=O)CC(NC(=O)c1ccn[nH]1)c1ccccc1. The van der Waals surface area contributed by atoms with Gasteiger partial charge >= 0.3 is 5.97 Å². The number of esters is 1. The Balaban J connectivity index is 2.11. The van der Waals surface area contributed by atoms with Crippen LogP contribution in [0.25, 0.3) is 0 Å². The number of hydrogen-bond acceptors (Lipinski definition) is 4. The van der Waals surface area contributed by atoms with Gasteiger partial charge in [0.2, 0.25) is 0 Å². The number of H-pyrrole nitrogens is 1. The highest BCUT2D eigenvalue weighted by Gasteiger charge is 2.21. The maximum Gasteiger partial charge on any atom is 0.308 e. The Labute approximate surface area is 128 Å². The fourth-order valence-corrected chi connectivity index (χ4v) is 2.03. The van der Waals surface area contributed by atoms with Gasteiger partial charge in [-0.2, -0.15) is 5.10 Å². The number of nitrogens with one attached hydrogen (secondary N) is 2. The van der Waals surface area contributed by atoms with Gasteiger partial charge in [0.25, 0.3) is 5.91 Å². The number of amides is 1. The maximum atomic E-state index is 12.2. The minimum atomic E-state index is -0.455. The van der Waals surface area contributed by atoms with Crippen LogP contribution in [-0.4, -0.2) is 28.2 Å². The number of aromatic nitrogens is 2. The van der Waals surface area contributed by atoms with Crippen molar-refractivity contribution in [3.8, 4) is 0 Å². The fourth-order valence-electron chi connectivity index (χ4n) is 2.03. The molecule has 0 spiro atoms. The van der Waals surface area contributed by atoms with E-state index in [2.05, 4.69) is 15.5 Å². The summed E-state index contributed by atoms with van der Waals surface area (Å²) in [6.07, 6.45) is 1.38. The van der Waals surface area contributed by atoms with Crippen molar-refractivity contribution < 1.29 is 14.3 Å². The first-order valence-electron chi connectivity index (χ1n) is 7.11. The lowest BCUT2D eigenvalue weighted by Crippen LogP contribution is -2.31. The Bertz CT molecular complexity index is 609. The van der Waals surface area contributed by atoms with Crippen molar-refractivity contribution in [2.45, 2.75) is 32.4 Å². The fraction of sp³-hybridized carbons (Fsp3) is 0.312. The molecule has 6 heteroatoms. The van der Waals surface area contributed by atoms with Crippen LogP contribution in [0.3, 0.4) is 0 Å². The van der Waals surface area contributed by atoms with Gasteiger partial charge in [0.1, 0.15) is 5.69 Å². The molecule has 0 aliphatic heterocycles. The van der Waals surface area contributed by atoms with Crippen LogP contribution in [0.2, 0.25) is 0 Å². The third kappa shape index (κ3) is 4.44. The van der Waals surface area contributed by atoms with Gasteiger partial charge in [-0.1, -0.05) is 30.3 Å². The summed E-state index contributed by atoms with van der Waals surface area (Å²) in [5.41, 5.74) is 1.19. The molecular formula is C16H19N3O3. The van der Waals surface area contributed by atoms with Gasteiger partial charge in [0.05, 0.1) is 18.6 Å². The highest BCUT2D eigenvalue weighted by atomic mass is 16.5. The molecule has 1 heterocycles. The van der Waals surface area contributed by atoms with Crippen LogP contribution in [-0.2, 0) is 9.53 Å². The minimum Gasteiger partial charge on any atom is -0.463 e. The summed E-state index contributed by atoms with van der Waals surface area (Å²) in [5, 5.41) is 9.18. The van der Waals surface area contributed by atoms with Crippen molar-refractivity contribution in [2.75, 3.05) is 0 Å². The lowest BCUT2D eigenvalue weighted by Gasteiger charge is -2.19. The van der Waals surface area contributed by atoms with Crippen molar-refractivity contribution in [1.29, 1.82) is 0 Å². The number of carbonyl (C=O) groups is 2. The molecule has 1 aromatic heterocycles. The Morgan fingerprint density at radius 2 is 1.95 bits per heavy atom. The first-order valence-corrected chi connectivity index (χ1v) is 7.11. The Morgan fingerprint density at radius 1 is 1.23 bits per heavy atom. The molecule has 0 radical (unpaired) electrons. The van der Waals surface area contributed by atoms with Gasteiger partial charge in [-0.15, -0.1) is 0 Å². The van der Waals surface area contributed by atoms with E-state index in [1.165, 1.54) is 6.20 Å². The van der Waals surface area contributed by atoms with E-state index in [-0.39, 0.29) is 24.4 Å². The smallest absolute Gasteiger partial charge is 0.308 e. The number of rotatable bonds is 6. The van der Waals surface area contributed by atoms with E-state index in [1.54, 1.807) is 19.9 Å². The van der Waals surface area contributed by atoms with Crippen LogP contribution in [0.1, 0.15) is 42.4 Å². The molecule has 0 fully saturated rings. The van der Waals surface area contributed by atoms with E-state index in [1.807, 2.05) is 30.3 Å². The van der Waals surface area contributed by atoms with Gasteiger partial charge in [-0.25, -0.2) is 0 Å². The molecule has 0 aliphatic carbocycles. The van der Waals surface area contributed by atoms with Crippen LogP contribution in [0.5, 0.6) is 0 Å². The summed E-state index contributed by atoms with van der Waals surface area (Å²) >= 11 is 0. The predicted octanol–water partition coefficient (Wildman–Crippen LogP) is 2.22. The minimum absolute atomic E-state index is 0.0715. The number of benzene rings is 1. The highest BCUT2D eigenvalue weighted by molar-refractivity contribution is 5.92. The molecule has 2 rings (SSSR count). The van der Waals surface area contributed by atoms with Gasteiger partial charge in [0.15, 0.2) is 0 Å². The second-order valence-electron chi connectivity index (χ2n) is 5.15. The average molecular weight is 301 g/mol. The van der Waals surface area contributed by atoms with E-state index >= 15 is 0 Å². The topological polar surface area (TPSA) is 84.1 Å². The number of ether oxygens (including phenoxy) is 1. The van der Waals surface area contributed by atoms with Gasteiger partial charge in [-0.05, 0) is 25.5 Å². The lowest BCUT2D eigenvalue weighted by atomic mass is 10.0. The van der Waals surface area contributed by atoms with Crippen molar-refractivity contribution in [3.63, 3.8) is 0 Å². The van der Waals surface area contributed by atoms with Crippen LogP contribution >= 0.6 is 0 Å². The number of aromatic amines is 1. The summed E-state index contributed by atoms with van der Waals surface area (Å²) in [6, 6.07) is 10.4. The molecular weight excluding hydrogens is 282 g/mol. The first-order chi connectivity index (χ1) is 10.6. The number of hydrogen-bond donors (Lipinski definition) is 2. The third-order valence-corrected chi connectivity index (χ3v) is 2.99. The highest BCUT2D eigenvalue weighted by Crippen LogP contribution is 2.18. The van der Waals surface area contributed by atoms with E-state index in [0.717, 1.165) is 5.56 Å².